The Labute approximate surface area is 132 Å². The van der Waals surface area contributed by atoms with E-state index in [0.29, 0.717) is 11.5 Å². The maximum absolute atomic E-state index is 12.0. The second kappa shape index (κ2) is 6.09. The van der Waals surface area contributed by atoms with Gasteiger partial charge in [0.05, 0.1) is 0 Å². The highest BCUT2D eigenvalue weighted by molar-refractivity contribution is 8.00. The molecule has 1 heterocycles. The van der Waals surface area contributed by atoms with Crippen LogP contribution in [0.3, 0.4) is 0 Å². The molecular formula is C16H29NO3S. The largest absolute Gasteiger partial charge is 0.458 e. The van der Waals surface area contributed by atoms with Crippen LogP contribution in [0.2, 0.25) is 0 Å². The second-order valence-electron chi connectivity index (χ2n) is 7.92. The molecular weight excluding hydrogens is 286 g/mol. The number of rotatable bonds is 4. The van der Waals surface area contributed by atoms with E-state index < -0.39 is 17.2 Å². The molecule has 0 aromatic carbocycles. The monoisotopic (exact) mass is 315 g/mol. The third kappa shape index (κ3) is 4.60. The molecule has 0 amide bonds. The molecule has 4 nitrogen and oxygen atoms in total. The van der Waals surface area contributed by atoms with Gasteiger partial charge in [-0.15, -0.1) is 0 Å². The maximum atomic E-state index is 12.0. The first kappa shape index (κ1) is 17.1. The number of carbonyl (C=O) groups is 1. The molecule has 5 heteroatoms. The molecule has 2 N–H and O–H groups in total. The van der Waals surface area contributed by atoms with Gasteiger partial charge < -0.3 is 15.2 Å². The Bertz CT molecular complexity index is 375. The van der Waals surface area contributed by atoms with Gasteiger partial charge in [-0.1, -0.05) is 0 Å². The summed E-state index contributed by atoms with van der Waals surface area (Å²) in [6.45, 7) is 7.22. The van der Waals surface area contributed by atoms with Gasteiger partial charge in [-0.3, -0.25) is 0 Å². The molecule has 1 spiro atoms. The summed E-state index contributed by atoms with van der Waals surface area (Å²) in [6.07, 6.45) is 4.83. The van der Waals surface area contributed by atoms with Gasteiger partial charge in [-0.2, -0.15) is 11.8 Å². The Morgan fingerprint density at radius 1 is 1.29 bits per heavy atom. The Morgan fingerprint density at radius 2 is 1.86 bits per heavy atom. The number of ether oxygens (including phenoxy) is 1. The lowest BCUT2D eigenvalue weighted by atomic mass is 9.74. The van der Waals surface area contributed by atoms with Crippen molar-refractivity contribution in [2.75, 3.05) is 18.1 Å². The number of esters is 1. The molecule has 0 aromatic rings. The highest BCUT2D eigenvalue weighted by atomic mass is 32.2. The van der Waals surface area contributed by atoms with E-state index in [1.54, 1.807) is 0 Å². The molecule has 2 rings (SSSR count). The predicted molar refractivity (Wildman–Crippen MR) is 86.5 cm³/mol. The molecule has 2 aliphatic rings. The molecule has 122 valence electrons. The van der Waals surface area contributed by atoms with Crippen LogP contribution in [0.1, 0.15) is 53.4 Å². The zero-order valence-corrected chi connectivity index (χ0v) is 14.5. The van der Waals surface area contributed by atoms with E-state index in [0.717, 1.165) is 12.8 Å². The molecule has 1 atom stereocenters. The molecule has 1 unspecified atom stereocenters. The molecule has 21 heavy (non-hydrogen) atoms. The molecule has 1 aliphatic heterocycles. The highest BCUT2D eigenvalue weighted by Crippen LogP contribution is 2.48. The third-order valence-electron chi connectivity index (χ3n) is 4.44. The van der Waals surface area contributed by atoms with E-state index >= 15 is 0 Å². The smallest absolute Gasteiger partial charge is 0.339 e. The fourth-order valence-electron chi connectivity index (χ4n) is 2.92. The molecule has 0 bridgehead atoms. The van der Waals surface area contributed by atoms with E-state index in [-0.39, 0.29) is 6.54 Å². The summed E-state index contributed by atoms with van der Waals surface area (Å²) in [5.41, 5.74) is -1.43. The molecule has 1 saturated heterocycles. The van der Waals surface area contributed by atoms with E-state index in [1.807, 2.05) is 32.5 Å². The minimum atomic E-state index is -1.46. The fraction of sp³-hybridized carbons (Fsp3) is 0.938. The fourth-order valence-corrected chi connectivity index (χ4v) is 4.28. The van der Waals surface area contributed by atoms with Crippen molar-refractivity contribution < 1.29 is 14.6 Å². The van der Waals surface area contributed by atoms with Gasteiger partial charge >= 0.3 is 5.97 Å². The van der Waals surface area contributed by atoms with Crippen molar-refractivity contribution in [1.82, 2.24) is 5.32 Å². The van der Waals surface area contributed by atoms with Crippen molar-refractivity contribution in [2.24, 2.45) is 5.41 Å². The lowest BCUT2D eigenvalue weighted by Crippen LogP contribution is -2.52. The van der Waals surface area contributed by atoms with E-state index in [1.165, 1.54) is 31.3 Å². The van der Waals surface area contributed by atoms with Crippen LogP contribution in [0.4, 0.5) is 0 Å². The van der Waals surface area contributed by atoms with E-state index in [4.69, 9.17) is 4.74 Å². The van der Waals surface area contributed by atoms with Crippen molar-refractivity contribution in [2.45, 2.75) is 70.6 Å². The number of aliphatic hydroxyl groups is 1. The Kier molecular flexibility index (Phi) is 4.96. The van der Waals surface area contributed by atoms with Crippen LogP contribution in [0.5, 0.6) is 0 Å². The Morgan fingerprint density at radius 3 is 2.29 bits per heavy atom. The van der Waals surface area contributed by atoms with Crippen molar-refractivity contribution in [3.05, 3.63) is 0 Å². The predicted octanol–water partition coefficient (Wildman–Crippen LogP) is 2.34. The third-order valence-corrected chi connectivity index (χ3v) is 6.07. The summed E-state index contributed by atoms with van der Waals surface area (Å²) in [5, 5.41) is 13.7. The van der Waals surface area contributed by atoms with Gasteiger partial charge in [0.25, 0.3) is 0 Å². The van der Waals surface area contributed by atoms with Crippen LogP contribution in [-0.4, -0.2) is 46.4 Å². The number of carbonyl (C=O) groups excluding carboxylic acids is 1. The second-order valence-corrected chi connectivity index (χ2v) is 8.91. The first-order chi connectivity index (χ1) is 9.62. The molecule has 0 aromatic heterocycles. The van der Waals surface area contributed by atoms with E-state index in [9.17, 15) is 9.90 Å². The number of thioether (sulfide) groups is 1. The van der Waals surface area contributed by atoms with Crippen LogP contribution in [-0.2, 0) is 9.53 Å². The molecule has 2 fully saturated rings. The highest BCUT2D eigenvalue weighted by Gasteiger charge is 2.41. The Balaban J connectivity index is 1.75. The summed E-state index contributed by atoms with van der Waals surface area (Å²) < 4.78 is 5.27. The van der Waals surface area contributed by atoms with Crippen molar-refractivity contribution in [3.63, 3.8) is 0 Å². The van der Waals surface area contributed by atoms with Crippen LogP contribution < -0.4 is 5.32 Å². The summed E-state index contributed by atoms with van der Waals surface area (Å²) in [4.78, 5) is 12.0. The molecule has 1 aliphatic carbocycles. The summed E-state index contributed by atoms with van der Waals surface area (Å²) >= 11 is 2.05. The first-order valence-corrected chi connectivity index (χ1v) is 9.04. The standard InChI is InChI=1S/C16H29NO3S/c1-14(2,3)20-13(18)15(4,19)9-17-12-5-7-16(8-6-12)10-21-11-16/h12,17,19H,5-11H2,1-4H3. The molecule has 1 saturated carbocycles. The molecule has 0 radical (unpaired) electrons. The van der Waals surface area contributed by atoms with E-state index in [2.05, 4.69) is 5.32 Å². The summed E-state index contributed by atoms with van der Waals surface area (Å²) in [6, 6.07) is 0.412. The lowest BCUT2D eigenvalue weighted by molar-refractivity contribution is -0.175. The summed E-state index contributed by atoms with van der Waals surface area (Å²) in [5.74, 6) is 2.08. The number of hydrogen-bond acceptors (Lipinski definition) is 5. The maximum Gasteiger partial charge on any atom is 0.339 e. The average molecular weight is 315 g/mol. The van der Waals surface area contributed by atoms with Gasteiger partial charge in [0.2, 0.25) is 0 Å². The quantitative estimate of drug-likeness (QED) is 0.780. The van der Waals surface area contributed by atoms with Crippen LogP contribution in [0.25, 0.3) is 0 Å². The van der Waals surface area contributed by atoms with Crippen molar-refractivity contribution >= 4 is 17.7 Å². The van der Waals surface area contributed by atoms with Gasteiger partial charge in [-0.25, -0.2) is 4.79 Å². The minimum absolute atomic E-state index is 0.258. The van der Waals surface area contributed by atoms with Gasteiger partial charge in [0, 0.05) is 12.6 Å². The Hall–Kier alpha value is -0.260. The van der Waals surface area contributed by atoms with Crippen LogP contribution >= 0.6 is 11.8 Å². The normalized spacial score (nSPS) is 25.2. The SMILES string of the molecule is CC(C)(C)OC(=O)C(C)(O)CNC1CCC2(CC1)CSC2. The summed E-state index contributed by atoms with van der Waals surface area (Å²) in [7, 11) is 0. The van der Waals surface area contributed by atoms with Crippen molar-refractivity contribution in [1.29, 1.82) is 0 Å². The van der Waals surface area contributed by atoms with Crippen LogP contribution in [0.15, 0.2) is 0 Å². The first-order valence-electron chi connectivity index (χ1n) is 7.89. The van der Waals surface area contributed by atoms with Gasteiger partial charge in [0.1, 0.15) is 5.60 Å². The zero-order chi connectivity index (χ0) is 15.7. The zero-order valence-electron chi connectivity index (χ0n) is 13.7. The minimum Gasteiger partial charge on any atom is -0.458 e. The number of hydrogen-bond donors (Lipinski definition) is 2. The average Bonchev–Trinajstić information content (AvgIpc) is 2.33. The topological polar surface area (TPSA) is 58.6 Å². The van der Waals surface area contributed by atoms with Gasteiger partial charge in [0.15, 0.2) is 5.60 Å². The van der Waals surface area contributed by atoms with Crippen molar-refractivity contribution in [3.8, 4) is 0 Å². The number of nitrogens with one attached hydrogen (secondary N) is 1. The van der Waals surface area contributed by atoms with Gasteiger partial charge in [-0.05, 0) is 70.3 Å². The lowest BCUT2D eigenvalue weighted by Gasteiger charge is -2.46. The van der Waals surface area contributed by atoms with Crippen LogP contribution in [0, 0.1) is 5.41 Å².